The van der Waals surface area contributed by atoms with Crippen molar-refractivity contribution < 1.29 is 26.4 Å². The molecule has 1 aliphatic rings. The molecule has 1 fully saturated rings. The SMILES string of the molecule is CC(C)(CNC(=O)C=Cc1ccc(S(=O)(=O)NC2CC2)cc1)c1cccc(C(F)(F)F)c1. The summed E-state index contributed by atoms with van der Waals surface area (Å²) in [5, 5.41) is 2.70. The monoisotopic (exact) mass is 466 g/mol. The smallest absolute Gasteiger partial charge is 0.352 e. The average molecular weight is 467 g/mol. The van der Waals surface area contributed by atoms with Crippen molar-refractivity contribution in [1.82, 2.24) is 10.0 Å². The van der Waals surface area contributed by atoms with Crippen LogP contribution in [0.3, 0.4) is 0 Å². The number of carbonyl (C=O) groups excluding carboxylic acids is 1. The summed E-state index contributed by atoms with van der Waals surface area (Å²) in [4.78, 5) is 12.4. The van der Waals surface area contributed by atoms with Gasteiger partial charge in [-0.25, -0.2) is 13.1 Å². The first-order chi connectivity index (χ1) is 14.9. The van der Waals surface area contributed by atoms with Crippen LogP contribution in [-0.2, 0) is 26.4 Å². The largest absolute Gasteiger partial charge is 0.416 e. The van der Waals surface area contributed by atoms with E-state index in [-0.39, 0.29) is 17.5 Å². The highest BCUT2D eigenvalue weighted by molar-refractivity contribution is 7.89. The van der Waals surface area contributed by atoms with Crippen LogP contribution < -0.4 is 10.0 Å². The summed E-state index contributed by atoms with van der Waals surface area (Å²) in [7, 11) is -3.53. The molecule has 0 unspecified atom stereocenters. The van der Waals surface area contributed by atoms with E-state index in [1.807, 2.05) is 0 Å². The number of carbonyl (C=O) groups is 1. The maximum absolute atomic E-state index is 13.0. The summed E-state index contributed by atoms with van der Waals surface area (Å²) < 4.78 is 65.8. The minimum Gasteiger partial charge on any atom is -0.352 e. The first kappa shape index (κ1) is 24.0. The number of halogens is 3. The highest BCUT2D eigenvalue weighted by Crippen LogP contribution is 2.32. The van der Waals surface area contributed by atoms with Crippen LogP contribution >= 0.6 is 0 Å². The van der Waals surface area contributed by atoms with E-state index >= 15 is 0 Å². The molecule has 0 saturated heterocycles. The van der Waals surface area contributed by atoms with Crippen molar-refractivity contribution in [3.8, 4) is 0 Å². The maximum atomic E-state index is 13.0. The van der Waals surface area contributed by atoms with E-state index in [1.165, 1.54) is 30.4 Å². The van der Waals surface area contributed by atoms with E-state index in [2.05, 4.69) is 10.0 Å². The lowest BCUT2D eigenvalue weighted by molar-refractivity contribution is -0.137. The van der Waals surface area contributed by atoms with Gasteiger partial charge in [-0.3, -0.25) is 4.79 Å². The number of hydrogen-bond donors (Lipinski definition) is 2. The fourth-order valence-corrected chi connectivity index (χ4v) is 4.31. The van der Waals surface area contributed by atoms with Crippen LogP contribution in [0.15, 0.2) is 59.5 Å². The van der Waals surface area contributed by atoms with Gasteiger partial charge in [-0.15, -0.1) is 0 Å². The maximum Gasteiger partial charge on any atom is 0.416 e. The molecule has 5 nitrogen and oxygen atoms in total. The molecule has 0 aliphatic heterocycles. The molecule has 3 rings (SSSR count). The molecular weight excluding hydrogens is 441 g/mol. The van der Waals surface area contributed by atoms with Crippen molar-refractivity contribution in [2.45, 2.75) is 49.2 Å². The molecule has 1 aliphatic carbocycles. The van der Waals surface area contributed by atoms with Crippen molar-refractivity contribution in [2.24, 2.45) is 0 Å². The normalized spacial score (nSPS) is 15.2. The van der Waals surface area contributed by atoms with Crippen molar-refractivity contribution in [1.29, 1.82) is 0 Å². The third-order valence-corrected chi connectivity index (χ3v) is 6.73. The third kappa shape index (κ3) is 6.43. The molecular formula is C23H25F3N2O3S. The van der Waals surface area contributed by atoms with E-state index in [9.17, 15) is 26.4 Å². The molecule has 2 aromatic carbocycles. The van der Waals surface area contributed by atoms with Gasteiger partial charge in [0.2, 0.25) is 15.9 Å². The molecule has 0 heterocycles. The van der Waals surface area contributed by atoms with Gasteiger partial charge < -0.3 is 5.32 Å². The summed E-state index contributed by atoms with van der Waals surface area (Å²) in [5.41, 5.74) is -0.335. The van der Waals surface area contributed by atoms with Crippen LogP contribution in [0, 0.1) is 0 Å². The standard InChI is InChI=1S/C23H25F3N2O3S/c1-22(2,17-4-3-5-18(14-17)23(24,25)26)15-27-21(29)13-8-16-6-11-20(12-7-16)32(30,31)28-19-9-10-19/h3-8,11-14,19,28H,9-10,15H2,1-2H3,(H,27,29). The first-order valence-electron chi connectivity index (χ1n) is 10.1. The molecule has 32 heavy (non-hydrogen) atoms. The fraction of sp³-hybridized carbons (Fsp3) is 0.348. The number of benzene rings is 2. The second-order valence-corrected chi connectivity index (χ2v) is 10.2. The van der Waals surface area contributed by atoms with Crippen molar-refractivity contribution in [2.75, 3.05) is 6.54 Å². The van der Waals surface area contributed by atoms with Crippen LogP contribution in [0.5, 0.6) is 0 Å². The van der Waals surface area contributed by atoms with Crippen LogP contribution in [0.4, 0.5) is 13.2 Å². The number of hydrogen-bond acceptors (Lipinski definition) is 3. The number of amides is 1. The lowest BCUT2D eigenvalue weighted by atomic mass is 9.83. The van der Waals surface area contributed by atoms with Crippen molar-refractivity contribution in [3.63, 3.8) is 0 Å². The Kier molecular flexibility index (Phi) is 6.80. The van der Waals surface area contributed by atoms with Crippen LogP contribution in [0.25, 0.3) is 6.08 Å². The van der Waals surface area contributed by atoms with Gasteiger partial charge in [-0.05, 0) is 48.2 Å². The molecule has 0 atom stereocenters. The fourth-order valence-electron chi connectivity index (χ4n) is 3.00. The van der Waals surface area contributed by atoms with E-state index in [0.29, 0.717) is 11.1 Å². The Labute approximate surface area is 185 Å². The Morgan fingerprint density at radius 2 is 1.69 bits per heavy atom. The average Bonchev–Trinajstić information content (AvgIpc) is 3.54. The molecule has 9 heteroatoms. The summed E-state index contributed by atoms with van der Waals surface area (Å²) >= 11 is 0. The Morgan fingerprint density at radius 1 is 1.06 bits per heavy atom. The molecule has 0 radical (unpaired) electrons. The van der Waals surface area contributed by atoms with E-state index in [0.717, 1.165) is 25.0 Å². The van der Waals surface area contributed by atoms with Crippen LogP contribution in [0.2, 0.25) is 0 Å². The summed E-state index contributed by atoms with van der Waals surface area (Å²) in [6, 6.07) is 11.2. The zero-order valence-electron chi connectivity index (χ0n) is 17.7. The molecule has 1 amide bonds. The summed E-state index contributed by atoms with van der Waals surface area (Å²) in [5.74, 6) is -0.405. The van der Waals surface area contributed by atoms with Crippen LogP contribution in [-0.4, -0.2) is 26.9 Å². The number of sulfonamides is 1. The molecule has 2 N–H and O–H groups in total. The number of rotatable bonds is 8. The topological polar surface area (TPSA) is 75.3 Å². The minimum atomic E-state index is -4.43. The number of nitrogens with one attached hydrogen (secondary N) is 2. The minimum absolute atomic E-state index is 0.0171. The van der Waals surface area contributed by atoms with E-state index in [1.54, 1.807) is 32.0 Å². The Hall–Kier alpha value is -2.65. The Balaban J connectivity index is 1.58. The van der Waals surface area contributed by atoms with Gasteiger partial charge >= 0.3 is 6.18 Å². The van der Waals surface area contributed by atoms with Crippen molar-refractivity contribution >= 4 is 22.0 Å². The zero-order valence-corrected chi connectivity index (χ0v) is 18.6. The number of alkyl halides is 3. The highest BCUT2D eigenvalue weighted by Gasteiger charge is 2.32. The van der Waals surface area contributed by atoms with Crippen LogP contribution in [0.1, 0.15) is 43.4 Å². The summed E-state index contributed by atoms with van der Waals surface area (Å²) in [6.45, 7) is 3.64. The zero-order chi connectivity index (χ0) is 23.6. The van der Waals surface area contributed by atoms with Gasteiger partial charge in [0.25, 0.3) is 0 Å². The molecule has 0 spiro atoms. The highest BCUT2D eigenvalue weighted by atomic mass is 32.2. The predicted molar refractivity (Wildman–Crippen MR) is 116 cm³/mol. The Morgan fingerprint density at radius 3 is 2.28 bits per heavy atom. The van der Waals surface area contributed by atoms with Gasteiger partial charge in [0.15, 0.2) is 0 Å². The molecule has 1 saturated carbocycles. The molecule has 2 aromatic rings. The van der Waals surface area contributed by atoms with Gasteiger partial charge in [0.1, 0.15) is 0 Å². The lowest BCUT2D eigenvalue weighted by Crippen LogP contribution is -2.36. The third-order valence-electron chi connectivity index (χ3n) is 5.19. The van der Waals surface area contributed by atoms with Gasteiger partial charge in [0.05, 0.1) is 10.5 Å². The molecule has 0 bridgehead atoms. The predicted octanol–water partition coefficient (Wildman–Crippen LogP) is 4.25. The van der Waals surface area contributed by atoms with Gasteiger partial charge in [-0.2, -0.15) is 13.2 Å². The quantitative estimate of drug-likeness (QED) is 0.571. The second-order valence-electron chi connectivity index (χ2n) is 8.48. The van der Waals surface area contributed by atoms with E-state index < -0.39 is 33.1 Å². The van der Waals surface area contributed by atoms with Gasteiger partial charge in [-0.1, -0.05) is 44.2 Å². The van der Waals surface area contributed by atoms with Crippen molar-refractivity contribution in [3.05, 3.63) is 71.3 Å². The Bertz CT molecular complexity index is 1100. The second kappa shape index (κ2) is 9.07. The lowest BCUT2D eigenvalue weighted by Gasteiger charge is -2.26. The molecule has 172 valence electrons. The summed E-state index contributed by atoms with van der Waals surface area (Å²) in [6.07, 6.45) is 0.103. The molecule has 0 aromatic heterocycles. The first-order valence-corrected chi connectivity index (χ1v) is 11.6. The van der Waals surface area contributed by atoms with Gasteiger partial charge in [0, 0.05) is 24.1 Å². The van der Waals surface area contributed by atoms with E-state index in [4.69, 9.17) is 0 Å².